The first-order valence-electron chi connectivity index (χ1n) is 5.93. The van der Waals surface area contributed by atoms with Gasteiger partial charge < -0.3 is 9.73 Å². The minimum Gasteiger partial charge on any atom is -0.441 e. The van der Waals surface area contributed by atoms with E-state index in [1.807, 2.05) is 6.92 Å². The van der Waals surface area contributed by atoms with Gasteiger partial charge in [-0.2, -0.15) is 5.10 Å². The van der Waals surface area contributed by atoms with Crippen LogP contribution in [0.4, 0.5) is 5.69 Å². The quantitative estimate of drug-likeness (QED) is 0.753. The average molecular weight is 335 g/mol. The van der Waals surface area contributed by atoms with Crippen molar-refractivity contribution in [3.8, 4) is 0 Å². The van der Waals surface area contributed by atoms with Crippen molar-refractivity contribution in [1.82, 2.24) is 15.2 Å². The van der Waals surface area contributed by atoms with Gasteiger partial charge in [0.1, 0.15) is 5.52 Å². The SMILES string of the molecule is Cc1nc2cc(NC(=O)c3n[nH]c(C)c3Br)ccc2o1. The third kappa shape index (κ3) is 2.20. The molecular weight excluding hydrogens is 324 g/mol. The minimum absolute atomic E-state index is 0.291. The van der Waals surface area contributed by atoms with E-state index < -0.39 is 0 Å². The van der Waals surface area contributed by atoms with Gasteiger partial charge in [0.25, 0.3) is 5.91 Å². The predicted octanol–water partition coefficient (Wildman–Crippen LogP) is 3.18. The predicted molar refractivity (Wildman–Crippen MR) is 77.7 cm³/mol. The van der Waals surface area contributed by atoms with Gasteiger partial charge in [0.05, 0.1) is 4.47 Å². The number of nitrogens with zero attached hydrogens (tertiary/aromatic N) is 2. The molecule has 0 atom stereocenters. The smallest absolute Gasteiger partial charge is 0.277 e. The first-order chi connectivity index (χ1) is 9.54. The Labute approximate surface area is 122 Å². The van der Waals surface area contributed by atoms with E-state index in [1.165, 1.54) is 0 Å². The fraction of sp³-hybridized carbons (Fsp3) is 0.154. The van der Waals surface area contributed by atoms with E-state index in [1.54, 1.807) is 25.1 Å². The number of amides is 1. The molecule has 0 aliphatic carbocycles. The van der Waals surface area contributed by atoms with E-state index >= 15 is 0 Å². The largest absolute Gasteiger partial charge is 0.441 e. The molecule has 1 aromatic carbocycles. The van der Waals surface area contributed by atoms with Gasteiger partial charge in [-0.15, -0.1) is 0 Å². The van der Waals surface area contributed by atoms with Crippen molar-refractivity contribution >= 4 is 38.6 Å². The second kappa shape index (κ2) is 4.75. The molecule has 1 amide bonds. The number of hydrogen-bond donors (Lipinski definition) is 2. The van der Waals surface area contributed by atoms with Crippen molar-refractivity contribution < 1.29 is 9.21 Å². The fourth-order valence-electron chi connectivity index (χ4n) is 1.88. The van der Waals surface area contributed by atoms with E-state index in [4.69, 9.17) is 4.42 Å². The number of halogens is 1. The van der Waals surface area contributed by atoms with Crippen molar-refractivity contribution in [1.29, 1.82) is 0 Å². The maximum Gasteiger partial charge on any atom is 0.277 e. The highest BCUT2D eigenvalue weighted by atomic mass is 79.9. The Morgan fingerprint density at radius 3 is 2.90 bits per heavy atom. The van der Waals surface area contributed by atoms with Gasteiger partial charge in [-0.1, -0.05) is 0 Å². The maximum atomic E-state index is 12.1. The molecule has 0 aliphatic rings. The van der Waals surface area contributed by atoms with Crippen LogP contribution in [-0.2, 0) is 0 Å². The van der Waals surface area contributed by atoms with Crippen LogP contribution in [0.1, 0.15) is 22.1 Å². The fourth-order valence-corrected chi connectivity index (χ4v) is 2.23. The lowest BCUT2D eigenvalue weighted by molar-refractivity contribution is 0.102. The van der Waals surface area contributed by atoms with Gasteiger partial charge in [-0.25, -0.2) is 4.98 Å². The van der Waals surface area contributed by atoms with Crippen molar-refractivity contribution in [3.05, 3.63) is 40.0 Å². The van der Waals surface area contributed by atoms with Crippen LogP contribution in [0.15, 0.2) is 27.1 Å². The van der Waals surface area contributed by atoms with E-state index in [-0.39, 0.29) is 5.91 Å². The highest BCUT2D eigenvalue weighted by Gasteiger charge is 2.16. The summed E-state index contributed by atoms with van der Waals surface area (Å²) in [5, 5.41) is 9.49. The molecule has 0 bridgehead atoms. The molecule has 2 heterocycles. The van der Waals surface area contributed by atoms with E-state index in [0.29, 0.717) is 32.8 Å². The van der Waals surface area contributed by atoms with Crippen LogP contribution < -0.4 is 5.32 Å². The summed E-state index contributed by atoms with van der Waals surface area (Å²) in [6.07, 6.45) is 0. The summed E-state index contributed by atoms with van der Waals surface area (Å²) in [5.41, 5.74) is 3.16. The lowest BCUT2D eigenvalue weighted by Crippen LogP contribution is -2.13. The molecule has 3 aromatic rings. The van der Waals surface area contributed by atoms with Crippen molar-refractivity contribution in [2.45, 2.75) is 13.8 Å². The number of oxazole rings is 1. The van der Waals surface area contributed by atoms with Gasteiger partial charge in [-0.05, 0) is 41.1 Å². The van der Waals surface area contributed by atoms with Crippen LogP contribution >= 0.6 is 15.9 Å². The number of nitrogens with one attached hydrogen (secondary N) is 2. The molecule has 20 heavy (non-hydrogen) atoms. The summed E-state index contributed by atoms with van der Waals surface area (Å²) in [4.78, 5) is 16.3. The topological polar surface area (TPSA) is 83.8 Å². The third-order valence-electron chi connectivity index (χ3n) is 2.84. The number of benzene rings is 1. The summed E-state index contributed by atoms with van der Waals surface area (Å²) in [6, 6.07) is 5.30. The molecule has 2 N–H and O–H groups in total. The zero-order valence-electron chi connectivity index (χ0n) is 10.8. The monoisotopic (exact) mass is 334 g/mol. The molecule has 0 saturated heterocycles. The zero-order chi connectivity index (χ0) is 14.3. The number of anilines is 1. The first kappa shape index (κ1) is 12.9. The van der Waals surface area contributed by atoms with Crippen LogP contribution in [0.25, 0.3) is 11.1 Å². The van der Waals surface area contributed by atoms with Gasteiger partial charge in [0.15, 0.2) is 17.2 Å². The Balaban J connectivity index is 1.88. The van der Waals surface area contributed by atoms with Gasteiger partial charge >= 0.3 is 0 Å². The number of carbonyl (C=O) groups excluding carboxylic acids is 1. The number of aryl methyl sites for hydroxylation is 2. The van der Waals surface area contributed by atoms with Crippen LogP contribution in [0.2, 0.25) is 0 Å². The number of rotatable bonds is 2. The number of H-pyrrole nitrogens is 1. The molecule has 0 saturated carbocycles. The van der Waals surface area contributed by atoms with Gasteiger partial charge in [0, 0.05) is 18.3 Å². The molecular formula is C13H11BrN4O2. The Morgan fingerprint density at radius 2 is 2.20 bits per heavy atom. The molecule has 2 aromatic heterocycles. The Bertz CT molecular complexity index is 806. The lowest BCUT2D eigenvalue weighted by Gasteiger charge is -2.03. The summed E-state index contributed by atoms with van der Waals surface area (Å²) >= 11 is 3.33. The summed E-state index contributed by atoms with van der Waals surface area (Å²) < 4.78 is 6.05. The molecule has 6 nitrogen and oxygen atoms in total. The van der Waals surface area contributed by atoms with Crippen LogP contribution in [0, 0.1) is 13.8 Å². The number of aromatic amines is 1. The maximum absolute atomic E-state index is 12.1. The Morgan fingerprint density at radius 1 is 1.40 bits per heavy atom. The van der Waals surface area contributed by atoms with Crippen molar-refractivity contribution in [3.63, 3.8) is 0 Å². The molecule has 0 radical (unpaired) electrons. The minimum atomic E-state index is -0.291. The molecule has 102 valence electrons. The standard InChI is InChI=1S/C13H11BrN4O2/c1-6-11(14)12(18-17-6)13(19)16-8-3-4-10-9(5-8)15-7(2)20-10/h3-5H,1-2H3,(H,16,19)(H,17,18). The number of carbonyl (C=O) groups is 1. The molecule has 3 rings (SSSR count). The summed E-state index contributed by atoms with van der Waals surface area (Å²) in [6.45, 7) is 3.61. The van der Waals surface area contributed by atoms with Crippen molar-refractivity contribution in [2.24, 2.45) is 0 Å². The average Bonchev–Trinajstić information content (AvgIpc) is 2.92. The van der Waals surface area contributed by atoms with E-state index in [2.05, 4.69) is 36.4 Å². The van der Waals surface area contributed by atoms with Crippen LogP contribution in [-0.4, -0.2) is 21.1 Å². The highest BCUT2D eigenvalue weighted by molar-refractivity contribution is 9.10. The number of aromatic nitrogens is 3. The summed E-state index contributed by atoms with van der Waals surface area (Å²) in [5.74, 6) is 0.301. The zero-order valence-corrected chi connectivity index (χ0v) is 12.4. The van der Waals surface area contributed by atoms with Crippen molar-refractivity contribution in [2.75, 3.05) is 5.32 Å². The Hall–Kier alpha value is -2.15. The van der Waals surface area contributed by atoms with Crippen LogP contribution in [0.3, 0.4) is 0 Å². The summed E-state index contributed by atoms with van der Waals surface area (Å²) in [7, 11) is 0. The molecule has 0 unspecified atom stereocenters. The van der Waals surface area contributed by atoms with E-state index in [0.717, 1.165) is 5.69 Å². The highest BCUT2D eigenvalue weighted by Crippen LogP contribution is 2.22. The van der Waals surface area contributed by atoms with Gasteiger partial charge in [0.2, 0.25) is 0 Å². The molecule has 0 aliphatic heterocycles. The lowest BCUT2D eigenvalue weighted by atomic mass is 10.2. The second-order valence-electron chi connectivity index (χ2n) is 4.38. The van der Waals surface area contributed by atoms with Gasteiger partial charge in [-0.3, -0.25) is 9.89 Å². The Kier molecular flexibility index (Phi) is 3.06. The molecule has 0 spiro atoms. The second-order valence-corrected chi connectivity index (χ2v) is 5.17. The normalized spacial score (nSPS) is 10.9. The number of hydrogen-bond acceptors (Lipinski definition) is 4. The molecule has 0 fully saturated rings. The molecule has 7 heteroatoms. The first-order valence-corrected chi connectivity index (χ1v) is 6.73. The van der Waals surface area contributed by atoms with Crippen LogP contribution in [0.5, 0.6) is 0 Å². The third-order valence-corrected chi connectivity index (χ3v) is 3.81. The van der Waals surface area contributed by atoms with E-state index in [9.17, 15) is 4.79 Å². The number of fused-ring (bicyclic) bond motifs is 1.